The summed E-state index contributed by atoms with van der Waals surface area (Å²) in [5, 5.41) is 13.0. The molecule has 2 aliphatic rings. The van der Waals surface area contributed by atoms with E-state index in [4.69, 9.17) is 5.11 Å². The molecule has 0 atom stereocenters. The topological polar surface area (TPSA) is 87.8 Å². The zero-order chi connectivity index (χ0) is 13.9. The van der Waals surface area contributed by atoms with E-state index in [2.05, 4.69) is 15.0 Å². The van der Waals surface area contributed by atoms with Gasteiger partial charge in [-0.3, -0.25) is 4.79 Å². The lowest BCUT2D eigenvalue weighted by Crippen LogP contribution is -2.63. The number of carbonyl (C=O) groups is 2. The Balaban J connectivity index is 1.63. The number of ketones is 1. The molecular formula is C13H12N4O3. The van der Waals surface area contributed by atoms with E-state index in [1.165, 1.54) is 10.7 Å². The molecule has 7 heteroatoms. The smallest absolute Gasteiger partial charge is 0.341 e. The van der Waals surface area contributed by atoms with E-state index < -0.39 is 5.97 Å². The minimum Gasteiger partial charge on any atom is -0.477 e. The van der Waals surface area contributed by atoms with E-state index in [-0.39, 0.29) is 11.0 Å². The van der Waals surface area contributed by atoms with Gasteiger partial charge in [-0.2, -0.15) is 5.10 Å². The molecule has 2 aromatic heterocycles. The number of hydrogen-bond acceptors (Lipinski definition) is 5. The van der Waals surface area contributed by atoms with Gasteiger partial charge in [-0.05, 0) is 6.07 Å². The average Bonchev–Trinajstić information content (AvgIpc) is 2.74. The lowest BCUT2D eigenvalue weighted by Gasteiger charge is -2.55. The van der Waals surface area contributed by atoms with E-state index in [0.29, 0.717) is 24.3 Å². The Bertz CT molecular complexity index is 735. The fourth-order valence-electron chi connectivity index (χ4n) is 3.12. The summed E-state index contributed by atoms with van der Waals surface area (Å²) in [5.41, 5.74) is 0.599. The van der Waals surface area contributed by atoms with Crippen molar-refractivity contribution >= 4 is 23.2 Å². The number of nitrogens with zero attached hydrogens (tertiary/aromatic N) is 4. The van der Waals surface area contributed by atoms with Gasteiger partial charge < -0.3 is 10.0 Å². The van der Waals surface area contributed by atoms with E-state index in [1.54, 1.807) is 6.20 Å². The highest BCUT2D eigenvalue weighted by molar-refractivity contribution is 5.94. The van der Waals surface area contributed by atoms with Crippen LogP contribution in [0.25, 0.3) is 5.65 Å². The second-order valence-corrected chi connectivity index (χ2v) is 5.67. The highest BCUT2D eigenvalue weighted by Crippen LogP contribution is 2.47. The minimum absolute atomic E-state index is 0.0981. The Morgan fingerprint density at radius 1 is 1.35 bits per heavy atom. The van der Waals surface area contributed by atoms with E-state index in [1.807, 2.05) is 6.07 Å². The van der Waals surface area contributed by atoms with Crippen molar-refractivity contribution in [1.82, 2.24) is 14.6 Å². The molecule has 1 saturated heterocycles. The Morgan fingerprint density at radius 2 is 2.10 bits per heavy atom. The third-order valence-corrected chi connectivity index (χ3v) is 4.11. The first-order chi connectivity index (χ1) is 9.56. The van der Waals surface area contributed by atoms with Crippen LogP contribution < -0.4 is 4.90 Å². The number of carboxylic acids is 1. The number of carboxylic acid groups (broad SMARTS) is 1. The minimum atomic E-state index is -1.03. The van der Waals surface area contributed by atoms with Gasteiger partial charge in [0.05, 0.1) is 6.20 Å². The summed E-state index contributed by atoms with van der Waals surface area (Å²) in [6.45, 7) is 1.64. The van der Waals surface area contributed by atoms with Crippen LogP contribution >= 0.6 is 0 Å². The quantitative estimate of drug-likeness (QED) is 0.861. The van der Waals surface area contributed by atoms with Crippen molar-refractivity contribution in [1.29, 1.82) is 0 Å². The molecule has 0 bridgehead atoms. The second kappa shape index (κ2) is 3.56. The number of fused-ring (bicyclic) bond motifs is 1. The van der Waals surface area contributed by atoms with Crippen LogP contribution in [0.1, 0.15) is 23.2 Å². The first kappa shape index (κ1) is 11.4. The van der Waals surface area contributed by atoms with Crippen molar-refractivity contribution in [3.8, 4) is 0 Å². The Labute approximate surface area is 113 Å². The number of aromatic nitrogens is 3. The van der Waals surface area contributed by atoms with Crippen LogP contribution in [0.15, 0.2) is 18.5 Å². The largest absolute Gasteiger partial charge is 0.477 e. The maximum Gasteiger partial charge on any atom is 0.341 e. The SMILES string of the molecule is O=C1CC2(C1)CN(c1ccn3ncc(C(=O)O)c3n1)C2. The highest BCUT2D eigenvalue weighted by Gasteiger charge is 2.52. The molecule has 1 spiro atoms. The van der Waals surface area contributed by atoms with Gasteiger partial charge in [0, 0.05) is 37.5 Å². The van der Waals surface area contributed by atoms with Gasteiger partial charge in [0.15, 0.2) is 5.65 Å². The van der Waals surface area contributed by atoms with Crippen molar-refractivity contribution in [3.63, 3.8) is 0 Å². The fourth-order valence-corrected chi connectivity index (χ4v) is 3.12. The van der Waals surface area contributed by atoms with Gasteiger partial charge in [-0.25, -0.2) is 14.3 Å². The summed E-state index contributed by atoms with van der Waals surface area (Å²) in [6, 6.07) is 1.82. The van der Waals surface area contributed by atoms with Crippen molar-refractivity contribution in [2.45, 2.75) is 12.8 Å². The molecule has 2 fully saturated rings. The maximum atomic E-state index is 11.1. The van der Waals surface area contributed by atoms with Crippen molar-refractivity contribution in [2.75, 3.05) is 18.0 Å². The molecule has 102 valence electrons. The molecule has 1 saturated carbocycles. The molecule has 2 aromatic rings. The van der Waals surface area contributed by atoms with Gasteiger partial charge in [-0.15, -0.1) is 0 Å². The maximum absolute atomic E-state index is 11.1. The van der Waals surface area contributed by atoms with Crippen LogP contribution in [0.5, 0.6) is 0 Å². The Hall–Kier alpha value is -2.44. The fraction of sp³-hybridized carbons (Fsp3) is 0.385. The predicted molar refractivity (Wildman–Crippen MR) is 68.8 cm³/mol. The van der Waals surface area contributed by atoms with Gasteiger partial charge in [0.2, 0.25) is 0 Å². The molecule has 4 rings (SSSR count). The zero-order valence-corrected chi connectivity index (χ0v) is 10.6. The summed E-state index contributed by atoms with van der Waals surface area (Å²) in [4.78, 5) is 28.6. The molecule has 0 amide bonds. The molecular weight excluding hydrogens is 260 g/mol. The third kappa shape index (κ3) is 1.46. The van der Waals surface area contributed by atoms with Crippen molar-refractivity contribution in [3.05, 3.63) is 24.0 Å². The van der Waals surface area contributed by atoms with E-state index in [9.17, 15) is 9.59 Å². The summed E-state index contributed by atoms with van der Waals surface area (Å²) in [5.74, 6) is 0.0387. The molecule has 1 aliphatic carbocycles. The number of rotatable bonds is 2. The number of anilines is 1. The number of carbonyl (C=O) groups excluding carboxylic acids is 1. The molecule has 1 N–H and O–H groups in total. The monoisotopic (exact) mass is 272 g/mol. The zero-order valence-electron chi connectivity index (χ0n) is 10.6. The third-order valence-electron chi connectivity index (χ3n) is 4.11. The standard InChI is InChI=1S/C13H12N4O3/c18-8-3-13(4-8)6-16(7-13)10-1-2-17-11(15-10)9(5-14-17)12(19)20/h1-2,5H,3-4,6-7H2,(H,19,20). The number of Topliss-reactive ketones (excluding diaryl/α,β-unsaturated/α-hetero) is 1. The summed E-state index contributed by atoms with van der Waals surface area (Å²) in [6.07, 6.45) is 4.34. The normalized spacial score (nSPS) is 20.0. The van der Waals surface area contributed by atoms with Crippen LogP contribution in [0.4, 0.5) is 5.82 Å². The van der Waals surface area contributed by atoms with Crippen LogP contribution in [-0.4, -0.2) is 44.5 Å². The van der Waals surface area contributed by atoms with Gasteiger partial charge >= 0.3 is 5.97 Å². The molecule has 7 nitrogen and oxygen atoms in total. The summed E-state index contributed by atoms with van der Waals surface area (Å²) < 4.78 is 1.45. The lowest BCUT2D eigenvalue weighted by molar-refractivity contribution is -0.134. The van der Waals surface area contributed by atoms with Gasteiger partial charge in [0.25, 0.3) is 0 Å². The molecule has 0 unspecified atom stereocenters. The van der Waals surface area contributed by atoms with E-state index in [0.717, 1.165) is 18.9 Å². The summed E-state index contributed by atoms with van der Waals surface area (Å²) >= 11 is 0. The first-order valence-electron chi connectivity index (χ1n) is 6.41. The average molecular weight is 272 g/mol. The molecule has 0 aromatic carbocycles. The highest BCUT2D eigenvalue weighted by atomic mass is 16.4. The molecule has 1 aliphatic heterocycles. The Kier molecular flexibility index (Phi) is 2.03. The predicted octanol–water partition coefficient (Wildman–Crippen LogP) is 0.597. The van der Waals surface area contributed by atoms with E-state index >= 15 is 0 Å². The van der Waals surface area contributed by atoms with Crippen LogP contribution in [0.2, 0.25) is 0 Å². The Morgan fingerprint density at radius 3 is 2.75 bits per heavy atom. The number of aromatic carboxylic acids is 1. The van der Waals surface area contributed by atoms with Crippen LogP contribution in [0.3, 0.4) is 0 Å². The first-order valence-corrected chi connectivity index (χ1v) is 6.41. The van der Waals surface area contributed by atoms with Gasteiger partial charge in [-0.1, -0.05) is 0 Å². The molecule has 3 heterocycles. The molecule has 0 radical (unpaired) electrons. The molecule has 20 heavy (non-hydrogen) atoms. The lowest BCUT2D eigenvalue weighted by atomic mass is 9.63. The second-order valence-electron chi connectivity index (χ2n) is 5.67. The number of hydrogen-bond donors (Lipinski definition) is 1. The summed E-state index contributed by atoms with van der Waals surface area (Å²) in [7, 11) is 0. The van der Waals surface area contributed by atoms with Gasteiger partial charge in [0.1, 0.15) is 17.2 Å². The van der Waals surface area contributed by atoms with Crippen molar-refractivity contribution < 1.29 is 14.7 Å². The van der Waals surface area contributed by atoms with Crippen LogP contribution in [-0.2, 0) is 4.79 Å². The van der Waals surface area contributed by atoms with Crippen LogP contribution in [0, 0.1) is 5.41 Å². The van der Waals surface area contributed by atoms with Crippen molar-refractivity contribution in [2.24, 2.45) is 5.41 Å².